The second kappa shape index (κ2) is 5.92. The largest absolute Gasteiger partial charge is 0.377 e. The minimum absolute atomic E-state index is 0.501. The average molecular weight is 157 g/mol. The number of aromatic nitrogens is 1. The molecule has 0 unspecified atom stereocenters. The van der Waals surface area contributed by atoms with E-state index in [4.69, 9.17) is 9.26 Å². The van der Waals surface area contributed by atoms with E-state index in [1.807, 2.05) is 26.8 Å². The van der Waals surface area contributed by atoms with E-state index in [1.165, 1.54) is 0 Å². The van der Waals surface area contributed by atoms with Crippen LogP contribution in [0, 0.1) is 6.92 Å². The smallest absolute Gasteiger partial charge is 0.162 e. The van der Waals surface area contributed by atoms with Gasteiger partial charge in [-0.25, -0.2) is 0 Å². The predicted octanol–water partition coefficient (Wildman–Crippen LogP) is 2.16. The third-order valence-electron chi connectivity index (χ3n) is 0.963. The number of aryl methyl sites for hydroxylation is 1. The summed E-state index contributed by atoms with van der Waals surface area (Å²) >= 11 is 0. The molecule has 3 nitrogen and oxygen atoms in total. The van der Waals surface area contributed by atoms with Gasteiger partial charge in [0.15, 0.2) is 5.76 Å². The van der Waals surface area contributed by atoms with Crippen LogP contribution in [0.15, 0.2) is 10.6 Å². The molecule has 0 saturated heterocycles. The van der Waals surface area contributed by atoms with Crippen molar-refractivity contribution in [1.82, 2.24) is 5.16 Å². The van der Waals surface area contributed by atoms with Crippen LogP contribution in [-0.2, 0) is 11.3 Å². The van der Waals surface area contributed by atoms with Gasteiger partial charge in [0.1, 0.15) is 6.61 Å². The van der Waals surface area contributed by atoms with Gasteiger partial charge in [-0.05, 0) is 6.92 Å². The van der Waals surface area contributed by atoms with Crippen LogP contribution in [0.3, 0.4) is 0 Å². The van der Waals surface area contributed by atoms with Gasteiger partial charge in [-0.15, -0.1) is 0 Å². The van der Waals surface area contributed by atoms with Gasteiger partial charge in [0.2, 0.25) is 0 Å². The highest BCUT2D eigenvalue weighted by atomic mass is 16.5. The molecule has 1 heterocycles. The Hall–Kier alpha value is -0.830. The Morgan fingerprint density at radius 2 is 2.18 bits per heavy atom. The van der Waals surface area contributed by atoms with Crippen molar-refractivity contribution in [1.29, 1.82) is 0 Å². The zero-order valence-electron chi connectivity index (χ0n) is 7.55. The molecule has 0 N–H and O–H groups in total. The highest BCUT2D eigenvalue weighted by molar-refractivity contribution is 5.01. The molecule has 0 bridgehead atoms. The second-order valence-electron chi connectivity index (χ2n) is 1.87. The molecule has 0 aliphatic heterocycles. The Labute approximate surface area is 67.3 Å². The Kier molecular flexibility index (Phi) is 5.47. The fourth-order valence-corrected chi connectivity index (χ4v) is 0.627. The molecular formula is C8H15NO2. The van der Waals surface area contributed by atoms with Crippen molar-refractivity contribution in [2.24, 2.45) is 0 Å². The van der Waals surface area contributed by atoms with E-state index in [-0.39, 0.29) is 0 Å². The summed E-state index contributed by atoms with van der Waals surface area (Å²) in [5.41, 5.74) is 0.891. The Morgan fingerprint density at radius 3 is 2.55 bits per heavy atom. The van der Waals surface area contributed by atoms with Crippen molar-refractivity contribution < 1.29 is 9.26 Å². The van der Waals surface area contributed by atoms with E-state index in [0.29, 0.717) is 6.61 Å². The third kappa shape index (κ3) is 3.78. The molecule has 0 aliphatic rings. The first-order chi connectivity index (χ1) is 5.33. The molecule has 0 spiro atoms. The molecule has 0 atom stereocenters. The lowest BCUT2D eigenvalue weighted by Gasteiger charge is -1.86. The van der Waals surface area contributed by atoms with Crippen LogP contribution in [-0.4, -0.2) is 12.3 Å². The number of hydrogen-bond donors (Lipinski definition) is 0. The summed E-state index contributed by atoms with van der Waals surface area (Å²) in [6.07, 6.45) is 0. The van der Waals surface area contributed by atoms with Gasteiger partial charge >= 0.3 is 0 Å². The molecule has 1 aromatic heterocycles. The first-order valence-corrected chi connectivity index (χ1v) is 3.74. The van der Waals surface area contributed by atoms with E-state index < -0.39 is 0 Å². The Balaban J connectivity index is 0.000000461. The number of methoxy groups -OCH3 is 1. The predicted molar refractivity (Wildman–Crippen MR) is 43.3 cm³/mol. The lowest BCUT2D eigenvalue weighted by molar-refractivity contribution is 0.156. The first-order valence-electron chi connectivity index (χ1n) is 3.74. The number of hydrogen-bond acceptors (Lipinski definition) is 3. The van der Waals surface area contributed by atoms with Gasteiger partial charge in [-0.1, -0.05) is 19.0 Å². The minimum Gasteiger partial charge on any atom is -0.377 e. The molecule has 0 radical (unpaired) electrons. The van der Waals surface area contributed by atoms with Gasteiger partial charge in [-0.3, -0.25) is 0 Å². The van der Waals surface area contributed by atoms with Gasteiger partial charge in [0, 0.05) is 13.2 Å². The van der Waals surface area contributed by atoms with Gasteiger partial charge in [0.25, 0.3) is 0 Å². The van der Waals surface area contributed by atoms with Crippen molar-refractivity contribution in [3.8, 4) is 0 Å². The molecule has 0 amide bonds. The molecule has 0 fully saturated rings. The van der Waals surface area contributed by atoms with Crippen LogP contribution in [0.2, 0.25) is 0 Å². The molecule has 1 aromatic rings. The molecule has 11 heavy (non-hydrogen) atoms. The van der Waals surface area contributed by atoms with Crippen LogP contribution in [0.5, 0.6) is 0 Å². The van der Waals surface area contributed by atoms with E-state index in [0.717, 1.165) is 11.5 Å². The van der Waals surface area contributed by atoms with Crippen molar-refractivity contribution in [2.45, 2.75) is 27.4 Å². The summed E-state index contributed by atoms with van der Waals surface area (Å²) in [4.78, 5) is 0. The number of ether oxygens (including phenoxy) is 1. The second-order valence-corrected chi connectivity index (χ2v) is 1.87. The molecule has 1 rings (SSSR count). The van der Waals surface area contributed by atoms with Crippen molar-refractivity contribution in [2.75, 3.05) is 7.11 Å². The van der Waals surface area contributed by atoms with Crippen LogP contribution < -0.4 is 0 Å². The van der Waals surface area contributed by atoms with Crippen molar-refractivity contribution in [3.63, 3.8) is 0 Å². The first kappa shape index (κ1) is 10.2. The van der Waals surface area contributed by atoms with Gasteiger partial charge < -0.3 is 9.26 Å². The lowest BCUT2D eigenvalue weighted by atomic mass is 10.4. The summed E-state index contributed by atoms with van der Waals surface area (Å²) in [5, 5.41) is 3.68. The third-order valence-corrected chi connectivity index (χ3v) is 0.963. The maximum atomic E-state index is 4.83. The SMILES string of the molecule is CC.COCc1cc(C)no1. The molecular weight excluding hydrogens is 142 g/mol. The van der Waals surface area contributed by atoms with E-state index in [1.54, 1.807) is 7.11 Å². The Morgan fingerprint density at radius 1 is 1.55 bits per heavy atom. The van der Waals surface area contributed by atoms with E-state index in [2.05, 4.69) is 5.16 Å². The van der Waals surface area contributed by atoms with Gasteiger partial charge in [0.05, 0.1) is 5.69 Å². The number of rotatable bonds is 2. The van der Waals surface area contributed by atoms with Crippen LogP contribution in [0.4, 0.5) is 0 Å². The van der Waals surface area contributed by atoms with Crippen LogP contribution in [0.25, 0.3) is 0 Å². The van der Waals surface area contributed by atoms with Gasteiger partial charge in [-0.2, -0.15) is 0 Å². The molecule has 0 aliphatic carbocycles. The summed E-state index contributed by atoms with van der Waals surface area (Å²) in [6.45, 7) is 6.38. The fraction of sp³-hybridized carbons (Fsp3) is 0.625. The highest BCUT2D eigenvalue weighted by Crippen LogP contribution is 2.01. The summed E-state index contributed by atoms with van der Waals surface area (Å²) in [6, 6.07) is 1.85. The summed E-state index contributed by atoms with van der Waals surface area (Å²) < 4.78 is 9.64. The van der Waals surface area contributed by atoms with Crippen molar-refractivity contribution in [3.05, 3.63) is 17.5 Å². The van der Waals surface area contributed by atoms with E-state index in [9.17, 15) is 0 Å². The summed E-state index contributed by atoms with van der Waals surface area (Å²) in [5.74, 6) is 0.773. The molecule has 0 saturated carbocycles. The van der Waals surface area contributed by atoms with Crippen molar-refractivity contribution >= 4 is 0 Å². The normalized spacial score (nSPS) is 8.73. The minimum atomic E-state index is 0.501. The topological polar surface area (TPSA) is 35.3 Å². The van der Waals surface area contributed by atoms with Crippen LogP contribution >= 0.6 is 0 Å². The standard InChI is InChI=1S/C6H9NO2.C2H6/c1-5-3-6(4-8-2)9-7-5;1-2/h3H,4H2,1-2H3;1-2H3. The average Bonchev–Trinajstić information content (AvgIpc) is 2.41. The van der Waals surface area contributed by atoms with Crippen LogP contribution in [0.1, 0.15) is 25.3 Å². The lowest BCUT2D eigenvalue weighted by Crippen LogP contribution is -1.81. The molecule has 64 valence electrons. The maximum absolute atomic E-state index is 4.83. The monoisotopic (exact) mass is 157 g/mol. The maximum Gasteiger partial charge on any atom is 0.162 e. The molecule has 3 heteroatoms. The fourth-order valence-electron chi connectivity index (χ4n) is 0.627. The quantitative estimate of drug-likeness (QED) is 0.659. The highest BCUT2D eigenvalue weighted by Gasteiger charge is 1.96. The molecule has 0 aromatic carbocycles. The Bertz CT molecular complexity index is 184. The number of nitrogens with zero attached hydrogens (tertiary/aromatic N) is 1. The summed E-state index contributed by atoms with van der Waals surface area (Å²) in [7, 11) is 1.62. The van der Waals surface area contributed by atoms with E-state index >= 15 is 0 Å². The zero-order valence-corrected chi connectivity index (χ0v) is 7.55. The zero-order chi connectivity index (χ0) is 8.69.